The zero-order chi connectivity index (χ0) is 43.2. The normalized spacial score (nSPS) is 16.8. The Morgan fingerprint density at radius 1 is 0.156 bits per heavy atom. The molecule has 8 aromatic rings. The number of benzene rings is 8. The van der Waals surface area contributed by atoms with E-state index >= 15 is 0 Å². The highest BCUT2D eigenvalue weighted by Gasteiger charge is 2.30. The molecule has 0 radical (unpaired) electrons. The summed E-state index contributed by atoms with van der Waals surface area (Å²) in [5, 5.41) is 0. The minimum atomic E-state index is 0.745. The average molecular weight is 809 g/mol. The van der Waals surface area contributed by atoms with E-state index in [1.165, 1.54) is 0 Å². The molecule has 0 nitrogen and oxygen atoms in total. The maximum absolute atomic E-state index is 3.82. The van der Waals surface area contributed by atoms with Crippen LogP contribution in [0.1, 0.15) is 44.5 Å². The third-order valence-electron chi connectivity index (χ3n) is 10.7. The summed E-state index contributed by atoms with van der Waals surface area (Å²) in [6, 6.07) is 82.8. The smallest absolute Gasteiger partial charge is 0.0503 e. The average Bonchev–Trinajstić information content (AvgIpc) is 3.37. The van der Waals surface area contributed by atoms with Crippen LogP contribution in [0.15, 0.2) is 265 Å². The van der Waals surface area contributed by atoms with Gasteiger partial charge < -0.3 is 0 Å². The molecule has 0 atom stereocenters. The topological polar surface area (TPSA) is 0 Å². The summed E-state index contributed by atoms with van der Waals surface area (Å²) in [7, 11) is 0. The van der Waals surface area contributed by atoms with Gasteiger partial charge in [0.25, 0.3) is 0 Å². The van der Waals surface area contributed by atoms with Crippen molar-refractivity contribution in [1.82, 2.24) is 0 Å². The van der Waals surface area contributed by atoms with Gasteiger partial charge >= 0.3 is 0 Å². The molecule has 0 saturated heterocycles. The lowest BCUT2D eigenvalue weighted by atomic mass is 9.74. The van der Waals surface area contributed by atoms with Crippen molar-refractivity contribution in [2.45, 2.75) is 0 Å². The predicted octanol–water partition coefficient (Wildman–Crippen LogP) is 14.0. The molecule has 1 aliphatic rings. The molecule has 0 spiro atoms. The summed E-state index contributed by atoms with van der Waals surface area (Å²) in [6.45, 7) is 0. The molecule has 0 unspecified atom stereocenters. The van der Waals surface area contributed by atoms with Crippen LogP contribution in [-0.2, 0) is 0 Å². The van der Waals surface area contributed by atoms with Crippen LogP contribution in [0.25, 0.3) is 22.3 Å². The van der Waals surface area contributed by atoms with E-state index in [-0.39, 0.29) is 0 Å². The Kier molecular flexibility index (Phi) is 12.6. The molecule has 0 heterocycles. The first kappa shape index (κ1) is 40.4. The summed E-state index contributed by atoms with van der Waals surface area (Å²) in [5.74, 6) is 29.6. The minimum absolute atomic E-state index is 0.745. The molecule has 0 fully saturated rings. The monoisotopic (exact) mass is 808 g/mol. The highest BCUT2D eigenvalue weighted by atomic mass is 14.3. The van der Waals surface area contributed by atoms with Gasteiger partial charge in [-0.25, -0.2) is 0 Å². The fraction of sp³-hybridized carbons (Fsp3) is 0. The Morgan fingerprint density at radius 2 is 0.344 bits per heavy atom. The SMILES string of the molecule is C(#Cc1ccccc1)C1=C(C#Cc2ccccc2)/C(c2ccccc2)=C(C#Cc2ccccc2)\C(c2ccccc2)=C(c2ccccc2)/C(C#Cc2ccccc2)=C\1c1ccccc1. The Balaban J connectivity index is 1.60. The highest BCUT2D eigenvalue weighted by molar-refractivity contribution is 6.18. The summed E-state index contributed by atoms with van der Waals surface area (Å²) >= 11 is 0. The van der Waals surface area contributed by atoms with Crippen LogP contribution < -0.4 is 0 Å². The van der Waals surface area contributed by atoms with E-state index in [2.05, 4.69) is 181 Å². The standard InChI is InChI=1S/C64H40/c1-9-25-49(26-10-1)41-45-57-58(46-42-50-27-11-2-12-28-50)62(54-35-19-6-20-36-54)60(48-44-52-31-15-4-16-32-52)64(56-39-23-8-24-40-56)63(55-37-21-7-22-38-55)59(47-43-51-29-13-3-14-30-51)61(57)53-33-17-5-18-34-53/h1-40H/b58-57-,61-57?,61-59-,62-58?,62-60-,63-59?,64-60?,64-63-. The molecule has 0 N–H and O–H groups in total. The van der Waals surface area contributed by atoms with E-state index in [9.17, 15) is 0 Å². The second-order valence-corrected chi connectivity index (χ2v) is 14.9. The zero-order valence-electron chi connectivity index (χ0n) is 35.1. The predicted molar refractivity (Wildman–Crippen MR) is 267 cm³/mol. The van der Waals surface area contributed by atoms with Gasteiger partial charge in [-0.1, -0.05) is 241 Å². The fourth-order valence-corrected chi connectivity index (χ4v) is 7.70. The number of hydrogen-bond donors (Lipinski definition) is 0. The summed E-state index contributed by atoms with van der Waals surface area (Å²) in [6.07, 6.45) is 0. The summed E-state index contributed by atoms with van der Waals surface area (Å²) in [5.41, 5.74) is 14.2. The van der Waals surface area contributed by atoms with Crippen LogP contribution in [0, 0.1) is 47.4 Å². The zero-order valence-corrected chi connectivity index (χ0v) is 35.1. The van der Waals surface area contributed by atoms with Crippen molar-refractivity contribution in [1.29, 1.82) is 0 Å². The Hall–Kier alpha value is -9.04. The van der Waals surface area contributed by atoms with E-state index in [1.807, 2.05) is 109 Å². The number of rotatable bonds is 4. The van der Waals surface area contributed by atoms with Gasteiger partial charge in [0.1, 0.15) is 0 Å². The van der Waals surface area contributed by atoms with Crippen LogP contribution in [-0.4, -0.2) is 0 Å². The van der Waals surface area contributed by atoms with Gasteiger partial charge in [0, 0.05) is 55.7 Å². The third kappa shape index (κ3) is 9.46. The lowest BCUT2D eigenvalue weighted by Crippen LogP contribution is -2.09. The van der Waals surface area contributed by atoms with Crippen molar-refractivity contribution in [2.24, 2.45) is 0 Å². The van der Waals surface area contributed by atoms with E-state index < -0.39 is 0 Å². The van der Waals surface area contributed by atoms with Crippen molar-refractivity contribution in [3.05, 3.63) is 309 Å². The van der Waals surface area contributed by atoms with Crippen molar-refractivity contribution >= 4 is 22.3 Å². The van der Waals surface area contributed by atoms with Gasteiger partial charge in [-0.3, -0.25) is 0 Å². The molecule has 0 amide bonds. The van der Waals surface area contributed by atoms with Gasteiger partial charge in [-0.2, -0.15) is 0 Å². The largest absolute Gasteiger partial charge is 0.0622 e. The van der Waals surface area contributed by atoms with Gasteiger partial charge in [0.2, 0.25) is 0 Å². The lowest BCUT2D eigenvalue weighted by Gasteiger charge is -2.26. The Bertz CT molecular complexity index is 3060. The maximum Gasteiger partial charge on any atom is 0.0503 e. The molecule has 0 heteroatoms. The molecule has 296 valence electrons. The molecule has 8 aromatic carbocycles. The van der Waals surface area contributed by atoms with Crippen LogP contribution in [0.3, 0.4) is 0 Å². The van der Waals surface area contributed by atoms with Gasteiger partial charge in [-0.05, 0) is 70.8 Å². The highest BCUT2D eigenvalue weighted by Crippen LogP contribution is 2.48. The first-order valence-electron chi connectivity index (χ1n) is 21.3. The molecule has 0 aliphatic heterocycles. The van der Waals surface area contributed by atoms with Gasteiger partial charge in [-0.15, -0.1) is 0 Å². The number of hydrogen-bond acceptors (Lipinski definition) is 0. The minimum Gasteiger partial charge on any atom is -0.0622 e. The van der Waals surface area contributed by atoms with E-state index in [0.29, 0.717) is 0 Å². The van der Waals surface area contributed by atoms with Crippen molar-refractivity contribution in [3.8, 4) is 47.4 Å². The first-order valence-corrected chi connectivity index (χ1v) is 21.3. The second-order valence-electron chi connectivity index (χ2n) is 14.9. The Morgan fingerprint density at radius 3 is 0.578 bits per heavy atom. The molecule has 0 saturated carbocycles. The molecule has 0 aromatic heterocycles. The molecule has 0 bridgehead atoms. The van der Waals surface area contributed by atoms with Gasteiger partial charge in [0.15, 0.2) is 0 Å². The van der Waals surface area contributed by atoms with Crippen molar-refractivity contribution in [3.63, 3.8) is 0 Å². The van der Waals surface area contributed by atoms with Crippen LogP contribution in [0.4, 0.5) is 0 Å². The maximum atomic E-state index is 3.82. The lowest BCUT2D eigenvalue weighted by molar-refractivity contribution is 1.47. The summed E-state index contributed by atoms with van der Waals surface area (Å²) in [4.78, 5) is 0. The van der Waals surface area contributed by atoms with Crippen molar-refractivity contribution in [2.75, 3.05) is 0 Å². The van der Waals surface area contributed by atoms with Crippen molar-refractivity contribution < 1.29 is 0 Å². The molecule has 9 rings (SSSR count). The molecular formula is C64H40. The molecule has 64 heavy (non-hydrogen) atoms. The second kappa shape index (κ2) is 20.0. The fourth-order valence-electron chi connectivity index (χ4n) is 7.70. The van der Waals surface area contributed by atoms with E-state index in [0.717, 1.165) is 89.1 Å². The van der Waals surface area contributed by atoms with Crippen LogP contribution in [0.2, 0.25) is 0 Å². The molecular weight excluding hydrogens is 769 g/mol. The van der Waals surface area contributed by atoms with Gasteiger partial charge in [0.05, 0.1) is 11.1 Å². The third-order valence-corrected chi connectivity index (χ3v) is 10.7. The van der Waals surface area contributed by atoms with E-state index in [4.69, 9.17) is 0 Å². The Labute approximate surface area is 377 Å². The quantitative estimate of drug-likeness (QED) is 0.155. The van der Waals surface area contributed by atoms with Crippen LogP contribution in [0.5, 0.6) is 0 Å². The van der Waals surface area contributed by atoms with E-state index in [1.54, 1.807) is 0 Å². The first-order chi connectivity index (χ1) is 31.8. The molecule has 1 aliphatic carbocycles. The van der Waals surface area contributed by atoms with Crippen LogP contribution >= 0.6 is 0 Å². The number of allylic oxidation sites excluding steroid dienone is 8. The summed E-state index contributed by atoms with van der Waals surface area (Å²) < 4.78 is 0.